The molecule has 0 atom stereocenters. The molecule has 98 valence electrons. The molecular weight excluding hydrogens is 328 g/mol. The summed E-state index contributed by atoms with van der Waals surface area (Å²) in [5, 5.41) is 3.05. The first kappa shape index (κ1) is 16.9. The highest BCUT2D eigenvalue weighted by Crippen LogP contribution is 2.14. The summed E-state index contributed by atoms with van der Waals surface area (Å²) in [6.07, 6.45) is 0. The highest BCUT2D eigenvalue weighted by atomic mass is 79.9. The van der Waals surface area contributed by atoms with Gasteiger partial charge < -0.3 is 5.32 Å². The fraction of sp³-hybridized carbons (Fsp3) is 0.400. The van der Waals surface area contributed by atoms with Gasteiger partial charge in [-0.1, -0.05) is 22.9 Å². The van der Waals surface area contributed by atoms with E-state index in [0.29, 0.717) is 13.1 Å². The number of benzene rings is 1. The zero-order valence-corrected chi connectivity index (χ0v) is 12.7. The van der Waals surface area contributed by atoms with E-state index in [0.717, 1.165) is 11.0 Å². The van der Waals surface area contributed by atoms with Crippen LogP contribution in [0.4, 0.5) is 0 Å². The molecular formula is C10H16BrClN2O2S. The van der Waals surface area contributed by atoms with Gasteiger partial charge in [-0.05, 0) is 30.8 Å². The molecule has 0 saturated heterocycles. The Morgan fingerprint density at radius 1 is 1.18 bits per heavy atom. The van der Waals surface area contributed by atoms with E-state index in [2.05, 4.69) is 26.0 Å². The molecule has 17 heavy (non-hydrogen) atoms. The number of hydrogen-bond acceptors (Lipinski definition) is 3. The van der Waals surface area contributed by atoms with Gasteiger partial charge >= 0.3 is 0 Å². The van der Waals surface area contributed by atoms with Crippen molar-refractivity contribution in [2.24, 2.45) is 0 Å². The summed E-state index contributed by atoms with van der Waals surface area (Å²) in [5.41, 5.74) is 0. The second-order valence-electron chi connectivity index (χ2n) is 3.21. The van der Waals surface area contributed by atoms with E-state index in [-0.39, 0.29) is 17.3 Å². The maximum absolute atomic E-state index is 11.8. The largest absolute Gasteiger partial charge is 0.316 e. The smallest absolute Gasteiger partial charge is 0.240 e. The lowest BCUT2D eigenvalue weighted by atomic mass is 10.4. The Labute approximate surface area is 117 Å². The number of nitrogens with one attached hydrogen (secondary N) is 2. The van der Waals surface area contributed by atoms with Crippen LogP contribution in [0.5, 0.6) is 0 Å². The lowest BCUT2D eigenvalue weighted by molar-refractivity contribution is 0.577. The molecule has 0 amide bonds. The first-order valence-electron chi connectivity index (χ1n) is 5.02. The molecule has 0 aliphatic carbocycles. The van der Waals surface area contributed by atoms with Gasteiger partial charge in [0.25, 0.3) is 0 Å². The summed E-state index contributed by atoms with van der Waals surface area (Å²) in [6, 6.07) is 6.55. The van der Waals surface area contributed by atoms with Crippen LogP contribution in [0, 0.1) is 0 Å². The maximum atomic E-state index is 11.8. The molecule has 0 heterocycles. The lowest BCUT2D eigenvalue weighted by Crippen LogP contribution is -2.31. The number of hydrogen-bond donors (Lipinski definition) is 2. The molecule has 0 unspecified atom stereocenters. The highest BCUT2D eigenvalue weighted by Gasteiger charge is 2.12. The van der Waals surface area contributed by atoms with Gasteiger partial charge in [0.15, 0.2) is 0 Å². The van der Waals surface area contributed by atoms with Crippen molar-refractivity contribution in [1.29, 1.82) is 0 Å². The van der Waals surface area contributed by atoms with Crippen LogP contribution < -0.4 is 10.0 Å². The third-order valence-electron chi connectivity index (χ3n) is 1.97. The zero-order valence-electron chi connectivity index (χ0n) is 9.44. The fourth-order valence-corrected chi connectivity index (χ4v) is 2.44. The Morgan fingerprint density at radius 2 is 1.76 bits per heavy atom. The van der Waals surface area contributed by atoms with Gasteiger partial charge in [0.1, 0.15) is 0 Å². The molecule has 1 rings (SSSR count). The Bertz CT molecular complexity index is 422. The molecule has 0 aliphatic heterocycles. The Kier molecular flexibility index (Phi) is 7.98. The summed E-state index contributed by atoms with van der Waals surface area (Å²) < 4.78 is 26.9. The monoisotopic (exact) mass is 342 g/mol. The van der Waals surface area contributed by atoms with Crippen molar-refractivity contribution in [1.82, 2.24) is 10.0 Å². The van der Waals surface area contributed by atoms with Crippen LogP contribution in [0.2, 0.25) is 0 Å². The first-order valence-corrected chi connectivity index (χ1v) is 7.30. The van der Waals surface area contributed by atoms with Crippen LogP contribution >= 0.6 is 28.3 Å². The van der Waals surface area contributed by atoms with E-state index < -0.39 is 10.0 Å². The molecule has 1 aromatic rings. The third-order valence-corrected chi connectivity index (χ3v) is 3.97. The predicted molar refractivity (Wildman–Crippen MR) is 75.1 cm³/mol. The van der Waals surface area contributed by atoms with Crippen molar-refractivity contribution in [2.45, 2.75) is 11.8 Å². The third kappa shape index (κ3) is 5.83. The normalized spacial score (nSPS) is 10.9. The van der Waals surface area contributed by atoms with Crippen molar-refractivity contribution >= 4 is 38.4 Å². The second-order valence-corrected chi connectivity index (χ2v) is 5.89. The van der Waals surface area contributed by atoms with Crippen LogP contribution in [-0.4, -0.2) is 28.1 Å². The molecule has 0 aromatic heterocycles. The van der Waals surface area contributed by atoms with Gasteiger partial charge in [-0.2, -0.15) is 0 Å². The van der Waals surface area contributed by atoms with Crippen molar-refractivity contribution in [3.05, 3.63) is 28.7 Å². The van der Waals surface area contributed by atoms with Crippen molar-refractivity contribution in [2.75, 3.05) is 19.6 Å². The number of rotatable bonds is 6. The second kappa shape index (κ2) is 8.05. The summed E-state index contributed by atoms with van der Waals surface area (Å²) in [6.45, 7) is 3.84. The van der Waals surface area contributed by atoms with Crippen LogP contribution in [0.1, 0.15) is 6.92 Å². The Morgan fingerprint density at radius 3 is 2.29 bits per heavy atom. The van der Waals surface area contributed by atoms with Gasteiger partial charge in [-0.15, -0.1) is 12.4 Å². The minimum absolute atomic E-state index is 0. The molecule has 1 aromatic carbocycles. The molecule has 2 N–H and O–H groups in total. The highest BCUT2D eigenvalue weighted by molar-refractivity contribution is 9.10. The number of halogens is 2. The van der Waals surface area contributed by atoms with E-state index in [9.17, 15) is 8.42 Å². The van der Waals surface area contributed by atoms with E-state index in [1.807, 2.05) is 6.92 Å². The number of sulfonamides is 1. The quantitative estimate of drug-likeness (QED) is 0.774. The average Bonchev–Trinajstić information content (AvgIpc) is 2.25. The summed E-state index contributed by atoms with van der Waals surface area (Å²) in [4.78, 5) is 0.284. The maximum Gasteiger partial charge on any atom is 0.240 e. The average molecular weight is 344 g/mol. The van der Waals surface area contributed by atoms with E-state index in [1.54, 1.807) is 24.3 Å². The minimum atomic E-state index is -3.37. The summed E-state index contributed by atoms with van der Waals surface area (Å²) in [7, 11) is -3.37. The standard InChI is InChI=1S/C10H15BrN2O2S.ClH/c1-2-12-7-8-13-16(14,15)10-5-3-9(11)4-6-10;/h3-6,12-13H,2,7-8H2,1H3;1H. The van der Waals surface area contributed by atoms with Crippen LogP contribution in [0.3, 0.4) is 0 Å². The molecule has 4 nitrogen and oxygen atoms in total. The van der Waals surface area contributed by atoms with Crippen molar-refractivity contribution in [3.8, 4) is 0 Å². The Hall–Kier alpha value is -0.140. The minimum Gasteiger partial charge on any atom is -0.316 e. The number of likely N-dealkylation sites (N-methyl/N-ethyl adjacent to an activating group) is 1. The Balaban J connectivity index is 0.00000256. The SMILES string of the molecule is CCNCCNS(=O)(=O)c1ccc(Br)cc1.Cl. The van der Waals surface area contributed by atoms with E-state index in [1.165, 1.54) is 0 Å². The van der Waals surface area contributed by atoms with Crippen molar-refractivity contribution in [3.63, 3.8) is 0 Å². The molecule has 0 radical (unpaired) electrons. The topological polar surface area (TPSA) is 58.2 Å². The van der Waals surface area contributed by atoms with Crippen molar-refractivity contribution < 1.29 is 8.42 Å². The van der Waals surface area contributed by atoms with Gasteiger partial charge in [0.05, 0.1) is 4.90 Å². The summed E-state index contributed by atoms with van der Waals surface area (Å²) >= 11 is 3.26. The van der Waals surface area contributed by atoms with Gasteiger partial charge in [-0.3, -0.25) is 0 Å². The van der Waals surface area contributed by atoms with Crippen LogP contribution in [0.15, 0.2) is 33.6 Å². The zero-order chi connectivity index (χ0) is 12.0. The predicted octanol–water partition coefficient (Wildman–Crippen LogP) is 1.76. The van der Waals surface area contributed by atoms with E-state index >= 15 is 0 Å². The lowest BCUT2D eigenvalue weighted by Gasteiger charge is -2.06. The summed E-state index contributed by atoms with van der Waals surface area (Å²) in [5.74, 6) is 0. The molecule has 0 aliphatic rings. The van der Waals surface area contributed by atoms with Gasteiger partial charge in [-0.25, -0.2) is 13.1 Å². The van der Waals surface area contributed by atoms with Crippen LogP contribution in [-0.2, 0) is 10.0 Å². The molecule has 0 spiro atoms. The first-order chi connectivity index (χ1) is 7.56. The van der Waals surface area contributed by atoms with Gasteiger partial charge in [0, 0.05) is 17.6 Å². The van der Waals surface area contributed by atoms with E-state index in [4.69, 9.17) is 0 Å². The molecule has 7 heteroatoms. The van der Waals surface area contributed by atoms with Gasteiger partial charge in [0.2, 0.25) is 10.0 Å². The molecule has 0 bridgehead atoms. The molecule has 0 fully saturated rings. The van der Waals surface area contributed by atoms with Crippen LogP contribution in [0.25, 0.3) is 0 Å². The fourth-order valence-electron chi connectivity index (χ4n) is 1.15. The molecule has 0 saturated carbocycles.